The normalized spacial score (nSPS) is 18.6. The summed E-state index contributed by atoms with van der Waals surface area (Å²) < 4.78 is 17.8. The monoisotopic (exact) mass is 985 g/mol. The molecule has 0 aliphatic carbocycles. The molecule has 2 N–H and O–H groups in total. The Balaban J connectivity index is 0.000000178. The molecule has 4 aliphatic heterocycles. The second-order valence-corrected chi connectivity index (χ2v) is 18.5. The standard InChI is InChI=1S/2C25H32N8O3/c2*1-30-22-16-20(8-5-10-31-12-14-36-15-13-31)28-33(22)11-9-21(25(30)35)27-24(34)23-26-18-32(29-23)17-19-6-3-2-4-7-19/h2*2-4,6-7,16,18,21H,5,8-15,17H2,1H3,(H,27,34)/t2*21-/m10/s1. The molecule has 4 amide bonds. The zero-order valence-electron chi connectivity index (χ0n) is 41.1. The van der Waals surface area contributed by atoms with E-state index in [1.807, 2.05) is 82.2 Å². The first-order valence-electron chi connectivity index (χ1n) is 24.9. The van der Waals surface area contributed by atoms with E-state index in [0.29, 0.717) is 39.0 Å². The van der Waals surface area contributed by atoms with Gasteiger partial charge in [-0.15, -0.1) is 10.2 Å². The number of hydrogen-bond donors (Lipinski definition) is 2. The maximum absolute atomic E-state index is 13.2. The van der Waals surface area contributed by atoms with Crippen molar-refractivity contribution in [3.63, 3.8) is 0 Å². The smallest absolute Gasteiger partial charge is 0.291 e. The Morgan fingerprint density at radius 2 is 0.972 bits per heavy atom. The number of amides is 4. The van der Waals surface area contributed by atoms with Crippen molar-refractivity contribution in [1.29, 1.82) is 0 Å². The lowest BCUT2D eigenvalue weighted by atomic mass is 10.2. The van der Waals surface area contributed by atoms with Gasteiger partial charge in [-0.3, -0.25) is 38.8 Å². The number of carbonyl (C=O) groups excluding carboxylic acids is 4. The van der Waals surface area contributed by atoms with Gasteiger partial charge in [0.1, 0.15) is 36.4 Å². The third kappa shape index (κ3) is 12.8. The highest BCUT2D eigenvalue weighted by Gasteiger charge is 2.33. The van der Waals surface area contributed by atoms with Crippen LogP contribution >= 0.6 is 0 Å². The van der Waals surface area contributed by atoms with Crippen molar-refractivity contribution in [2.75, 3.05) is 89.6 Å². The van der Waals surface area contributed by atoms with E-state index < -0.39 is 23.9 Å². The van der Waals surface area contributed by atoms with Gasteiger partial charge in [0, 0.05) is 65.5 Å². The summed E-state index contributed by atoms with van der Waals surface area (Å²) >= 11 is 0. The predicted octanol–water partition coefficient (Wildman–Crippen LogP) is 1.91. The molecule has 0 spiro atoms. The number of fused-ring (bicyclic) bond motifs is 2. The maximum Gasteiger partial charge on any atom is 0.291 e. The average molecular weight is 985 g/mol. The number of nitrogens with one attached hydrogen (secondary N) is 2. The van der Waals surface area contributed by atoms with Crippen LogP contribution in [0.2, 0.25) is 0 Å². The van der Waals surface area contributed by atoms with E-state index in [9.17, 15) is 19.2 Å². The molecule has 0 unspecified atom stereocenters. The summed E-state index contributed by atoms with van der Waals surface area (Å²) in [6.45, 7) is 11.3. The Morgan fingerprint density at radius 1 is 0.569 bits per heavy atom. The van der Waals surface area contributed by atoms with Gasteiger partial charge in [-0.25, -0.2) is 28.7 Å². The van der Waals surface area contributed by atoms with E-state index in [4.69, 9.17) is 19.7 Å². The molecule has 22 nitrogen and oxygen atoms in total. The van der Waals surface area contributed by atoms with Gasteiger partial charge < -0.3 is 20.1 Å². The number of anilines is 2. The van der Waals surface area contributed by atoms with E-state index in [1.54, 1.807) is 33.3 Å². The van der Waals surface area contributed by atoms with Crippen LogP contribution < -0.4 is 20.4 Å². The lowest BCUT2D eigenvalue weighted by Crippen LogP contribution is -2.47. The number of aryl methyl sites for hydroxylation is 4. The molecule has 380 valence electrons. The average Bonchev–Trinajstić information content (AvgIpc) is 4.23. The Hall–Kier alpha value is -7.14. The third-order valence-corrected chi connectivity index (χ3v) is 13.3. The molecule has 8 heterocycles. The molecule has 4 aliphatic rings. The highest BCUT2D eigenvalue weighted by molar-refractivity contribution is 6.01. The fourth-order valence-electron chi connectivity index (χ4n) is 9.29. The van der Waals surface area contributed by atoms with Gasteiger partial charge in [-0.05, 0) is 62.7 Å². The van der Waals surface area contributed by atoms with Crippen LogP contribution in [0.3, 0.4) is 0 Å². The zero-order chi connectivity index (χ0) is 49.8. The van der Waals surface area contributed by atoms with Crippen LogP contribution in [0.15, 0.2) is 85.5 Å². The van der Waals surface area contributed by atoms with Gasteiger partial charge in [0.15, 0.2) is 0 Å². The van der Waals surface area contributed by atoms with Crippen molar-refractivity contribution >= 4 is 35.3 Å². The molecule has 10 rings (SSSR count). The van der Waals surface area contributed by atoms with E-state index in [2.05, 4.69) is 40.6 Å². The summed E-state index contributed by atoms with van der Waals surface area (Å²) in [6.07, 6.45) is 7.68. The summed E-state index contributed by atoms with van der Waals surface area (Å²) in [6, 6.07) is 22.3. The van der Waals surface area contributed by atoms with Gasteiger partial charge in [0.25, 0.3) is 23.6 Å². The molecule has 0 radical (unpaired) electrons. The summed E-state index contributed by atoms with van der Waals surface area (Å²) in [5, 5.41) is 23.7. The predicted molar refractivity (Wildman–Crippen MR) is 265 cm³/mol. The first-order valence-corrected chi connectivity index (χ1v) is 24.9. The maximum atomic E-state index is 13.2. The van der Waals surface area contributed by atoms with Crippen molar-refractivity contribution in [3.8, 4) is 0 Å². The van der Waals surface area contributed by atoms with Gasteiger partial charge in [0.05, 0.1) is 50.9 Å². The number of likely N-dealkylation sites (N-methyl/N-ethyl adjacent to an activating group) is 2. The summed E-state index contributed by atoms with van der Waals surface area (Å²) in [5.74, 6) is 0.327. The number of rotatable bonds is 16. The summed E-state index contributed by atoms with van der Waals surface area (Å²) in [4.78, 5) is 68.2. The molecule has 72 heavy (non-hydrogen) atoms. The van der Waals surface area contributed by atoms with E-state index in [-0.39, 0.29) is 23.5 Å². The largest absolute Gasteiger partial charge is 0.379 e. The van der Waals surface area contributed by atoms with E-state index >= 15 is 0 Å². The SMILES string of the molecule is CN1C(=O)[C@@H](NC(=O)c2ncn(Cc3ccccc3)n2)CCn2nc(CCCN3CCOCC3)cc21.CN1C(=O)[C@H](NC(=O)c2ncn(Cc3ccccc3)n2)CCn2nc(CCCN3CCOCC3)cc21. The van der Waals surface area contributed by atoms with Crippen LogP contribution in [0.4, 0.5) is 11.6 Å². The second-order valence-electron chi connectivity index (χ2n) is 18.5. The quantitative estimate of drug-likeness (QED) is 0.142. The van der Waals surface area contributed by atoms with Gasteiger partial charge in [-0.1, -0.05) is 60.7 Å². The summed E-state index contributed by atoms with van der Waals surface area (Å²) in [5.41, 5.74) is 4.08. The lowest BCUT2D eigenvalue weighted by Gasteiger charge is -2.26. The van der Waals surface area contributed by atoms with Crippen molar-refractivity contribution < 1.29 is 28.7 Å². The number of aromatic nitrogens is 10. The molecule has 22 heteroatoms. The summed E-state index contributed by atoms with van der Waals surface area (Å²) in [7, 11) is 3.45. The highest BCUT2D eigenvalue weighted by atomic mass is 16.5. The first-order chi connectivity index (χ1) is 35.1. The number of carbonyl (C=O) groups is 4. The first kappa shape index (κ1) is 49.8. The lowest BCUT2D eigenvalue weighted by molar-refractivity contribution is -0.120. The minimum absolute atomic E-state index is 0.0472. The molecule has 4 aromatic heterocycles. The zero-order valence-corrected chi connectivity index (χ0v) is 41.1. The van der Waals surface area contributed by atoms with Gasteiger partial charge in [-0.2, -0.15) is 10.2 Å². The molecular weight excluding hydrogens is 921 g/mol. The number of ether oxygens (including phenoxy) is 2. The molecule has 0 saturated carbocycles. The Bertz CT molecular complexity index is 2560. The third-order valence-electron chi connectivity index (χ3n) is 13.3. The number of morpholine rings is 2. The van der Waals surface area contributed by atoms with E-state index in [0.717, 1.165) is 126 Å². The van der Waals surface area contributed by atoms with Crippen LogP contribution in [-0.4, -0.2) is 174 Å². The van der Waals surface area contributed by atoms with E-state index in [1.165, 1.54) is 12.7 Å². The fourth-order valence-corrected chi connectivity index (χ4v) is 9.29. The Morgan fingerprint density at radius 3 is 1.38 bits per heavy atom. The minimum Gasteiger partial charge on any atom is -0.379 e. The minimum atomic E-state index is -0.671. The van der Waals surface area contributed by atoms with Crippen LogP contribution in [0.5, 0.6) is 0 Å². The van der Waals surface area contributed by atoms with Crippen LogP contribution in [-0.2, 0) is 58.1 Å². The van der Waals surface area contributed by atoms with Crippen LogP contribution in [0.25, 0.3) is 0 Å². The highest BCUT2D eigenvalue weighted by Crippen LogP contribution is 2.24. The van der Waals surface area contributed by atoms with Crippen molar-refractivity contribution in [3.05, 3.63) is 120 Å². The molecular formula is C50H64N16O6. The van der Waals surface area contributed by atoms with Crippen molar-refractivity contribution in [2.24, 2.45) is 0 Å². The molecule has 2 fully saturated rings. The molecule has 0 bridgehead atoms. The molecule has 2 saturated heterocycles. The topological polar surface area (TPSA) is 221 Å². The molecule has 2 aromatic carbocycles. The molecule has 6 aromatic rings. The van der Waals surface area contributed by atoms with Gasteiger partial charge >= 0.3 is 0 Å². The van der Waals surface area contributed by atoms with Crippen molar-refractivity contribution in [1.82, 2.24) is 69.5 Å². The fraction of sp³-hybridized carbons (Fsp3) is 0.480. The number of hydrogen-bond acceptors (Lipinski definition) is 14. The molecule has 2 atom stereocenters. The Labute approximate surface area is 418 Å². The van der Waals surface area contributed by atoms with Crippen LogP contribution in [0, 0.1) is 0 Å². The number of nitrogens with zero attached hydrogens (tertiary/aromatic N) is 14. The Kier molecular flexibility index (Phi) is 16.5. The van der Waals surface area contributed by atoms with Gasteiger partial charge in [0.2, 0.25) is 11.6 Å². The second kappa shape index (κ2) is 23.8. The van der Waals surface area contributed by atoms with Crippen LogP contribution in [0.1, 0.15) is 69.4 Å². The number of benzene rings is 2. The van der Waals surface area contributed by atoms with Crippen molar-refractivity contribution in [2.45, 2.75) is 76.8 Å².